The summed E-state index contributed by atoms with van der Waals surface area (Å²) in [5.41, 5.74) is 0.419. The number of hydrogen-bond acceptors (Lipinski definition) is 8. The van der Waals surface area contributed by atoms with Gasteiger partial charge in [0.15, 0.2) is 0 Å². The van der Waals surface area contributed by atoms with Crippen LogP contribution in [0.25, 0.3) is 0 Å². The van der Waals surface area contributed by atoms with Crippen molar-refractivity contribution in [3.63, 3.8) is 0 Å². The Morgan fingerprint density at radius 2 is 2.00 bits per heavy atom. The fourth-order valence-corrected chi connectivity index (χ4v) is 3.62. The number of thiophene rings is 1. The maximum Gasteiger partial charge on any atom is 0.354 e. The molecule has 2 aromatic heterocycles. The maximum absolute atomic E-state index is 12.4. The summed E-state index contributed by atoms with van der Waals surface area (Å²) in [4.78, 5) is 48.0. The average molecular weight is 423 g/mol. The van der Waals surface area contributed by atoms with Gasteiger partial charge in [-0.25, -0.2) is 14.4 Å². The van der Waals surface area contributed by atoms with E-state index in [9.17, 15) is 19.2 Å². The van der Waals surface area contributed by atoms with Crippen LogP contribution in [0.5, 0.6) is 0 Å². The van der Waals surface area contributed by atoms with Gasteiger partial charge in [-0.1, -0.05) is 6.92 Å². The number of hydrogen-bond donors (Lipinski definition) is 2. The number of carboxylic acids is 1. The number of nitrogens with one attached hydrogen (secondary N) is 1. The molecule has 156 valence electrons. The molecule has 0 aliphatic heterocycles. The molecule has 0 saturated heterocycles. The Kier molecular flexibility index (Phi) is 7.48. The highest BCUT2D eigenvalue weighted by molar-refractivity contribution is 7.18. The molecule has 11 heteroatoms. The first-order valence-corrected chi connectivity index (χ1v) is 9.55. The number of anilines is 1. The highest BCUT2D eigenvalue weighted by Crippen LogP contribution is 2.34. The molecule has 0 atom stereocenters. The Balaban J connectivity index is 2.20. The third kappa shape index (κ3) is 5.19. The van der Waals surface area contributed by atoms with Crippen LogP contribution in [0.1, 0.15) is 55.8 Å². The van der Waals surface area contributed by atoms with E-state index in [1.807, 2.05) is 6.92 Å². The lowest BCUT2D eigenvalue weighted by atomic mass is 10.1. The topological polar surface area (TPSA) is 137 Å². The van der Waals surface area contributed by atoms with Crippen LogP contribution < -0.4 is 5.32 Å². The van der Waals surface area contributed by atoms with Crippen molar-refractivity contribution in [3.05, 3.63) is 34.0 Å². The van der Waals surface area contributed by atoms with Gasteiger partial charge in [-0.05, 0) is 25.0 Å². The summed E-state index contributed by atoms with van der Waals surface area (Å²) in [5.74, 6) is -2.90. The van der Waals surface area contributed by atoms with Gasteiger partial charge in [0.2, 0.25) is 5.91 Å². The Morgan fingerprint density at radius 1 is 1.28 bits per heavy atom. The number of amides is 1. The van der Waals surface area contributed by atoms with Crippen molar-refractivity contribution in [1.29, 1.82) is 0 Å². The number of carboxylic acid groups (broad SMARTS) is 1. The van der Waals surface area contributed by atoms with Gasteiger partial charge in [-0.15, -0.1) is 11.3 Å². The van der Waals surface area contributed by atoms with Gasteiger partial charge in [0.1, 0.15) is 15.6 Å². The molecule has 0 aliphatic rings. The van der Waals surface area contributed by atoms with E-state index in [2.05, 4.69) is 10.4 Å². The van der Waals surface area contributed by atoms with Gasteiger partial charge >= 0.3 is 17.9 Å². The summed E-state index contributed by atoms with van der Waals surface area (Å²) in [6.45, 7) is 3.65. The first-order valence-electron chi connectivity index (χ1n) is 8.73. The molecule has 1 amide bonds. The Labute approximate surface area is 170 Å². The molecule has 0 fully saturated rings. The third-order valence-corrected chi connectivity index (χ3v) is 5.09. The molecule has 29 heavy (non-hydrogen) atoms. The Bertz CT molecular complexity index is 932. The maximum atomic E-state index is 12.4. The van der Waals surface area contributed by atoms with Crippen molar-refractivity contribution in [2.24, 2.45) is 0 Å². The van der Waals surface area contributed by atoms with Crippen LogP contribution in [-0.2, 0) is 20.8 Å². The molecule has 0 spiro atoms. The van der Waals surface area contributed by atoms with E-state index >= 15 is 0 Å². The zero-order valence-corrected chi connectivity index (χ0v) is 17.0. The second-order valence-electron chi connectivity index (χ2n) is 5.93. The van der Waals surface area contributed by atoms with Crippen LogP contribution in [0.4, 0.5) is 5.00 Å². The van der Waals surface area contributed by atoms with Crippen molar-refractivity contribution in [1.82, 2.24) is 9.78 Å². The molecule has 2 heterocycles. The molecule has 10 nitrogen and oxygen atoms in total. The molecule has 0 aliphatic carbocycles. The molecule has 0 aromatic carbocycles. The van der Waals surface area contributed by atoms with E-state index in [4.69, 9.17) is 14.6 Å². The van der Waals surface area contributed by atoms with Gasteiger partial charge in [-0.2, -0.15) is 5.10 Å². The predicted molar refractivity (Wildman–Crippen MR) is 103 cm³/mol. The number of methoxy groups -OCH3 is 1. The molecular formula is C18H21N3O7S. The number of aryl methyl sites for hydroxylation is 1. The summed E-state index contributed by atoms with van der Waals surface area (Å²) < 4.78 is 11.1. The minimum atomic E-state index is -1.15. The Morgan fingerprint density at radius 3 is 2.62 bits per heavy atom. The average Bonchev–Trinajstić information content (AvgIpc) is 3.28. The standard InChI is InChI=1S/C18H21N3O7S/c1-4-9-28-17(25)13-10(2)14(18(26)27-3)29-15(13)20-12(22)6-8-21-11(16(23)24)5-7-19-21/h5,7H,4,6,8-9H2,1-3H3,(H,20,22)(H,23,24). The van der Waals surface area contributed by atoms with Crippen LogP contribution in [0.3, 0.4) is 0 Å². The monoisotopic (exact) mass is 423 g/mol. The molecule has 0 bridgehead atoms. The van der Waals surface area contributed by atoms with Crippen molar-refractivity contribution >= 4 is 40.2 Å². The van der Waals surface area contributed by atoms with Gasteiger partial charge < -0.3 is 19.9 Å². The van der Waals surface area contributed by atoms with Crippen molar-refractivity contribution in [2.45, 2.75) is 33.2 Å². The molecule has 0 radical (unpaired) electrons. The van der Waals surface area contributed by atoms with Crippen LogP contribution in [0, 0.1) is 6.92 Å². The van der Waals surface area contributed by atoms with E-state index in [1.54, 1.807) is 6.92 Å². The minimum absolute atomic E-state index is 0.0320. The fourth-order valence-electron chi connectivity index (χ4n) is 2.49. The van der Waals surface area contributed by atoms with Crippen molar-refractivity contribution in [3.8, 4) is 0 Å². The van der Waals surface area contributed by atoms with Crippen molar-refractivity contribution in [2.75, 3.05) is 19.0 Å². The number of nitrogens with zero attached hydrogens (tertiary/aromatic N) is 2. The smallest absolute Gasteiger partial charge is 0.354 e. The van der Waals surface area contributed by atoms with E-state index in [0.717, 1.165) is 11.3 Å². The van der Waals surface area contributed by atoms with Crippen LogP contribution in [0.2, 0.25) is 0 Å². The lowest BCUT2D eigenvalue weighted by Crippen LogP contribution is -2.18. The summed E-state index contributed by atoms with van der Waals surface area (Å²) in [7, 11) is 1.22. The summed E-state index contributed by atoms with van der Waals surface area (Å²) in [6, 6.07) is 1.33. The second kappa shape index (κ2) is 9.82. The molecule has 2 rings (SSSR count). The Hall–Kier alpha value is -3.21. The van der Waals surface area contributed by atoms with Crippen LogP contribution in [-0.4, -0.2) is 52.4 Å². The first kappa shape index (κ1) is 22.1. The first-order chi connectivity index (χ1) is 13.8. The summed E-state index contributed by atoms with van der Waals surface area (Å²) in [6.07, 6.45) is 1.86. The summed E-state index contributed by atoms with van der Waals surface area (Å²) in [5, 5.41) is 15.7. The molecule has 2 aromatic rings. The number of ether oxygens (including phenoxy) is 2. The predicted octanol–water partition coefficient (Wildman–Crippen LogP) is 2.33. The number of esters is 2. The van der Waals surface area contributed by atoms with Gasteiger partial charge in [0, 0.05) is 12.6 Å². The SMILES string of the molecule is CCCOC(=O)c1c(NC(=O)CCn2nccc2C(=O)O)sc(C(=O)OC)c1C. The lowest BCUT2D eigenvalue weighted by Gasteiger charge is -2.08. The normalized spacial score (nSPS) is 10.4. The third-order valence-electron chi connectivity index (χ3n) is 3.90. The lowest BCUT2D eigenvalue weighted by molar-refractivity contribution is -0.116. The van der Waals surface area contributed by atoms with E-state index in [0.29, 0.717) is 12.0 Å². The van der Waals surface area contributed by atoms with Crippen LogP contribution >= 0.6 is 11.3 Å². The number of carbonyl (C=O) groups is 4. The van der Waals surface area contributed by atoms with Gasteiger partial charge in [0.25, 0.3) is 0 Å². The van der Waals surface area contributed by atoms with Gasteiger partial charge in [-0.3, -0.25) is 9.48 Å². The zero-order chi connectivity index (χ0) is 21.6. The molecule has 0 saturated carbocycles. The highest BCUT2D eigenvalue weighted by atomic mass is 32.1. The molecule has 2 N–H and O–H groups in total. The number of carbonyl (C=O) groups excluding carboxylic acids is 3. The minimum Gasteiger partial charge on any atom is -0.477 e. The van der Waals surface area contributed by atoms with E-state index in [1.165, 1.54) is 24.1 Å². The molecular weight excluding hydrogens is 402 g/mol. The van der Waals surface area contributed by atoms with Gasteiger partial charge in [0.05, 0.1) is 25.8 Å². The fraction of sp³-hybridized carbons (Fsp3) is 0.389. The number of rotatable bonds is 9. The highest BCUT2D eigenvalue weighted by Gasteiger charge is 2.27. The quantitative estimate of drug-likeness (QED) is 0.586. The largest absolute Gasteiger partial charge is 0.477 e. The van der Waals surface area contributed by atoms with Crippen LogP contribution in [0.15, 0.2) is 12.3 Å². The number of aromatic nitrogens is 2. The van der Waals surface area contributed by atoms with E-state index in [-0.39, 0.29) is 40.7 Å². The molecule has 0 unspecified atom stereocenters. The van der Waals surface area contributed by atoms with Crippen molar-refractivity contribution < 1.29 is 33.8 Å². The zero-order valence-electron chi connectivity index (χ0n) is 16.2. The second-order valence-corrected chi connectivity index (χ2v) is 6.95. The summed E-state index contributed by atoms with van der Waals surface area (Å²) >= 11 is 0.916. The number of aromatic carboxylic acids is 1. The van der Waals surface area contributed by atoms with E-state index < -0.39 is 23.8 Å².